The summed E-state index contributed by atoms with van der Waals surface area (Å²) in [4.78, 5) is 28.3. The highest BCUT2D eigenvalue weighted by molar-refractivity contribution is 9.10. The van der Waals surface area contributed by atoms with Crippen LogP contribution in [0.4, 0.5) is 0 Å². The first-order chi connectivity index (χ1) is 12.1. The zero-order valence-corrected chi connectivity index (χ0v) is 15.2. The first-order valence-electron chi connectivity index (χ1n) is 7.22. The predicted molar refractivity (Wildman–Crippen MR) is 92.3 cm³/mol. The summed E-state index contributed by atoms with van der Waals surface area (Å²) in [6.07, 6.45) is 3.39. The Morgan fingerprint density at radius 1 is 1.28 bits per heavy atom. The number of thiophene rings is 1. The topological polar surface area (TPSA) is 115 Å². The van der Waals surface area contributed by atoms with E-state index in [2.05, 4.69) is 41.8 Å². The van der Waals surface area contributed by atoms with Crippen LogP contribution in [0.5, 0.6) is 0 Å². The van der Waals surface area contributed by atoms with Crippen molar-refractivity contribution in [2.45, 2.75) is 6.54 Å². The minimum atomic E-state index is -0.495. The van der Waals surface area contributed by atoms with E-state index >= 15 is 0 Å². The van der Waals surface area contributed by atoms with Crippen molar-refractivity contribution in [2.75, 3.05) is 13.1 Å². The molecule has 0 bridgehead atoms. The number of nitrogens with one attached hydrogen (secondary N) is 2. The molecule has 25 heavy (non-hydrogen) atoms. The molecular formula is C14H13BrN6O3S. The van der Waals surface area contributed by atoms with Crippen LogP contribution in [0.3, 0.4) is 0 Å². The second kappa shape index (κ2) is 8.03. The molecule has 2 N–H and O–H groups in total. The van der Waals surface area contributed by atoms with E-state index in [0.29, 0.717) is 23.8 Å². The fourth-order valence-electron chi connectivity index (χ4n) is 1.90. The maximum Gasteiger partial charge on any atom is 0.316 e. The zero-order valence-electron chi connectivity index (χ0n) is 12.8. The van der Waals surface area contributed by atoms with Gasteiger partial charge in [0.15, 0.2) is 5.82 Å². The van der Waals surface area contributed by atoms with Crippen molar-refractivity contribution < 1.29 is 14.1 Å². The Balaban J connectivity index is 1.43. The van der Waals surface area contributed by atoms with Crippen molar-refractivity contribution in [3.8, 4) is 0 Å². The molecule has 3 heterocycles. The molecule has 2 amide bonds. The molecule has 0 spiro atoms. The van der Waals surface area contributed by atoms with Crippen LogP contribution < -0.4 is 10.6 Å². The van der Waals surface area contributed by atoms with Crippen LogP contribution in [-0.4, -0.2) is 44.8 Å². The van der Waals surface area contributed by atoms with E-state index in [-0.39, 0.29) is 18.3 Å². The summed E-state index contributed by atoms with van der Waals surface area (Å²) in [6, 6.07) is 3.53. The number of hydrogen-bond donors (Lipinski definition) is 2. The number of carbonyl (C=O) groups excluding carboxylic acids is 2. The summed E-state index contributed by atoms with van der Waals surface area (Å²) in [6.45, 7) is 0.837. The largest absolute Gasteiger partial charge is 0.350 e. The van der Waals surface area contributed by atoms with Gasteiger partial charge in [0.2, 0.25) is 0 Å². The molecule has 0 unspecified atom stereocenters. The van der Waals surface area contributed by atoms with Crippen LogP contribution in [0.15, 0.2) is 38.9 Å². The highest BCUT2D eigenvalue weighted by Crippen LogP contribution is 2.08. The Bertz CT molecular complexity index is 860. The molecule has 0 atom stereocenters. The summed E-state index contributed by atoms with van der Waals surface area (Å²) >= 11 is 4.65. The maximum absolute atomic E-state index is 11.9. The molecule has 9 nitrogen and oxygen atoms in total. The smallest absolute Gasteiger partial charge is 0.316 e. The summed E-state index contributed by atoms with van der Waals surface area (Å²) in [7, 11) is 0. The number of amides is 2. The highest BCUT2D eigenvalue weighted by Gasteiger charge is 2.15. The van der Waals surface area contributed by atoms with E-state index in [9.17, 15) is 9.59 Å². The second-order valence-corrected chi connectivity index (χ2v) is 6.72. The molecule has 0 aliphatic heterocycles. The monoisotopic (exact) mass is 424 g/mol. The van der Waals surface area contributed by atoms with Crippen molar-refractivity contribution in [1.29, 1.82) is 0 Å². The van der Waals surface area contributed by atoms with Crippen LogP contribution in [0, 0.1) is 0 Å². The number of halogens is 1. The Morgan fingerprint density at radius 2 is 2.08 bits per heavy atom. The average molecular weight is 425 g/mol. The standard InChI is InChI=1S/C14H13BrN6O3S/c15-9-6-18-21(7-9)8-11-19-14(24-20-11)13(23)17-4-3-16-12(22)10-2-1-5-25-10/h1-2,5-7H,3-4,8H2,(H,16,22)(H,17,23). The van der Waals surface area contributed by atoms with E-state index in [1.54, 1.807) is 29.2 Å². The molecule has 0 radical (unpaired) electrons. The lowest BCUT2D eigenvalue weighted by atomic mass is 10.4. The van der Waals surface area contributed by atoms with Crippen LogP contribution in [-0.2, 0) is 6.54 Å². The number of hydrogen-bond acceptors (Lipinski definition) is 7. The Kier molecular flexibility index (Phi) is 5.56. The third-order valence-electron chi connectivity index (χ3n) is 3.01. The van der Waals surface area contributed by atoms with E-state index in [0.717, 1.165) is 4.47 Å². The van der Waals surface area contributed by atoms with Gasteiger partial charge in [0, 0.05) is 19.3 Å². The molecule has 0 aromatic carbocycles. The van der Waals surface area contributed by atoms with Crippen molar-refractivity contribution in [1.82, 2.24) is 30.6 Å². The van der Waals surface area contributed by atoms with Gasteiger partial charge in [-0.15, -0.1) is 11.3 Å². The van der Waals surface area contributed by atoms with Crippen LogP contribution in [0.2, 0.25) is 0 Å². The van der Waals surface area contributed by atoms with Gasteiger partial charge in [-0.2, -0.15) is 10.1 Å². The summed E-state index contributed by atoms with van der Waals surface area (Å²) in [5.41, 5.74) is 0. The van der Waals surface area contributed by atoms with Gasteiger partial charge in [-0.25, -0.2) is 0 Å². The van der Waals surface area contributed by atoms with Gasteiger partial charge < -0.3 is 15.2 Å². The Morgan fingerprint density at radius 3 is 2.76 bits per heavy atom. The van der Waals surface area contributed by atoms with Gasteiger partial charge >= 0.3 is 11.8 Å². The summed E-state index contributed by atoms with van der Waals surface area (Å²) in [5, 5.41) is 14.9. The lowest BCUT2D eigenvalue weighted by Gasteiger charge is -2.04. The second-order valence-electron chi connectivity index (χ2n) is 4.86. The third kappa shape index (κ3) is 4.73. The molecule has 3 rings (SSSR count). The Hall–Kier alpha value is -2.53. The van der Waals surface area contributed by atoms with Gasteiger partial charge in [-0.3, -0.25) is 14.3 Å². The van der Waals surface area contributed by atoms with Gasteiger partial charge in [-0.1, -0.05) is 11.2 Å². The van der Waals surface area contributed by atoms with Crippen molar-refractivity contribution in [3.63, 3.8) is 0 Å². The first-order valence-corrected chi connectivity index (χ1v) is 8.89. The van der Waals surface area contributed by atoms with E-state index in [1.807, 2.05) is 5.38 Å². The van der Waals surface area contributed by atoms with Gasteiger partial charge in [0.05, 0.1) is 15.5 Å². The quantitative estimate of drug-likeness (QED) is 0.552. The summed E-state index contributed by atoms with van der Waals surface area (Å²) < 4.78 is 7.37. The number of rotatable bonds is 7. The van der Waals surface area contributed by atoms with Gasteiger partial charge in [0.25, 0.3) is 5.91 Å². The lowest BCUT2D eigenvalue weighted by molar-refractivity contribution is 0.0899. The molecule has 11 heteroatoms. The molecule has 0 fully saturated rings. The van der Waals surface area contributed by atoms with Gasteiger partial charge in [-0.05, 0) is 27.4 Å². The normalized spacial score (nSPS) is 10.6. The van der Waals surface area contributed by atoms with Crippen LogP contribution in [0.25, 0.3) is 0 Å². The van der Waals surface area contributed by atoms with Crippen LogP contribution >= 0.6 is 27.3 Å². The highest BCUT2D eigenvalue weighted by atomic mass is 79.9. The molecule has 3 aromatic heterocycles. The zero-order chi connectivity index (χ0) is 17.6. The third-order valence-corrected chi connectivity index (χ3v) is 4.29. The number of aromatic nitrogens is 4. The van der Waals surface area contributed by atoms with Gasteiger partial charge in [0.1, 0.15) is 6.54 Å². The average Bonchev–Trinajstić information content (AvgIpc) is 3.33. The number of nitrogens with zero attached hydrogens (tertiary/aromatic N) is 4. The number of carbonyl (C=O) groups is 2. The molecular weight excluding hydrogens is 412 g/mol. The molecule has 0 saturated carbocycles. The SMILES string of the molecule is O=C(NCCNC(=O)c1cccs1)c1nc(Cn2cc(Br)cn2)no1. The molecule has 3 aromatic rings. The summed E-state index contributed by atoms with van der Waals surface area (Å²) in [5.74, 6) is -0.460. The van der Waals surface area contributed by atoms with Crippen molar-refractivity contribution in [2.24, 2.45) is 0 Å². The van der Waals surface area contributed by atoms with Crippen LogP contribution in [0.1, 0.15) is 26.2 Å². The maximum atomic E-state index is 11.9. The van der Waals surface area contributed by atoms with E-state index in [1.165, 1.54) is 11.3 Å². The fourth-order valence-corrected chi connectivity index (χ4v) is 2.87. The first kappa shape index (κ1) is 17.3. The lowest BCUT2D eigenvalue weighted by Crippen LogP contribution is -2.34. The molecule has 0 aliphatic carbocycles. The predicted octanol–water partition coefficient (Wildman–Crippen LogP) is 1.30. The Labute approximate surface area is 154 Å². The molecule has 130 valence electrons. The van der Waals surface area contributed by atoms with E-state index in [4.69, 9.17) is 4.52 Å². The molecule has 0 aliphatic rings. The van der Waals surface area contributed by atoms with E-state index < -0.39 is 5.91 Å². The molecule has 0 saturated heterocycles. The minimum Gasteiger partial charge on any atom is -0.350 e. The van der Waals surface area contributed by atoms with Crippen molar-refractivity contribution >= 4 is 39.1 Å². The van der Waals surface area contributed by atoms with Crippen molar-refractivity contribution in [3.05, 3.63) is 51.0 Å². The minimum absolute atomic E-state index is 0.134. The fraction of sp³-hybridized carbons (Fsp3) is 0.214.